The molecule has 29 heavy (non-hydrogen) atoms. The van der Waals surface area contributed by atoms with Gasteiger partial charge in [0, 0.05) is 23.1 Å². The molecule has 0 unspecified atom stereocenters. The average Bonchev–Trinajstić information content (AvgIpc) is 3.17. The van der Waals surface area contributed by atoms with Crippen molar-refractivity contribution in [2.24, 2.45) is 0 Å². The third kappa shape index (κ3) is 5.89. The fraction of sp³-hybridized carbons (Fsp3) is 0.227. The van der Waals surface area contributed by atoms with Gasteiger partial charge in [0.25, 0.3) is 5.91 Å². The Morgan fingerprint density at radius 2 is 1.97 bits per heavy atom. The molecule has 0 atom stereocenters. The summed E-state index contributed by atoms with van der Waals surface area (Å²) in [5.41, 5.74) is 3.33. The molecule has 0 aliphatic rings. The third-order valence-corrected chi connectivity index (χ3v) is 4.99. The molecule has 0 saturated heterocycles. The fourth-order valence-electron chi connectivity index (χ4n) is 2.81. The highest BCUT2D eigenvalue weighted by Crippen LogP contribution is 2.24. The number of benzene rings is 2. The summed E-state index contributed by atoms with van der Waals surface area (Å²) in [6, 6.07) is 14.9. The van der Waals surface area contributed by atoms with E-state index < -0.39 is 5.97 Å². The number of para-hydroxylation sites is 1. The minimum absolute atomic E-state index is 0.173. The maximum atomic E-state index is 12.1. The molecule has 7 heteroatoms. The number of carbonyl (C=O) groups excluding carboxylic acids is 2. The number of aromatic nitrogens is 1. The van der Waals surface area contributed by atoms with Crippen LogP contribution >= 0.6 is 11.3 Å². The van der Waals surface area contributed by atoms with Crippen LogP contribution in [0.2, 0.25) is 0 Å². The second kappa shape index (κ2) is 9.84. The summed E-state index contributed by atoms with van der Waals surface area (Å²) in [6.07, 6.45) is 0.659. The second-order valence-corrected chi connectivity index (χ2v) is 7.42. The number of carbonyl (C=O) groups is 2. The van der Waals surface area contributed by atoms with Gasteiger partial charge in [0.1, 0.15) is 5.75 Å². The number of nitrogens with zero attached hydrogens (tertiary/aromatic N) is 1. The van der Waals surface area contributed by atoms with Gasteiger partial charge in [-0.1, -0.05) is 30.3 Å². The van der Waals surface area contributed by atoms with Crippen molar-refractivity contribution in [3.05, 3.63) is 64.5 Å². The van der Waals surface area contributed by atoms with E-state index in [2.05, 4.69) is 10.3 Å². The Morgan fingerprint density at radius 1 is 1.14 bits per heavy atom. The van der Waals surface area contributed by atoms with Gasteiger partial charge < -0.3 is 14.8 Å². The first-order chi connectivity index (χ1) is 14.0. The van der Waals surface area contributed by atoms with Crippen LogP contribution in [0.4, 0.5) is 5.69 Å². The first-order valence-electron chi connectivity index (χ1n) is 9.15. The van der Waals surface area contributed by atoms with E-state index in [4.69, 9.17) is 9.47 Å². The minimum Gasteiger partial charge on any atom is -0.496 e. The van der Waals surface area contributed by atoms with Crippen LogP contribution < -0.4 is 10.1 Å². The van der Waals surface area contributed by atoms with Crippen LogP contribution in [0.1, 0.15) is 17.0 Å². The van der Waals surface area contributed by atoms with Crippen LogP contribution in [0.3, 0.4) is 0 Å². The van der Waals surface area contributed by atoms with Gasteiger partial charge in [-0.05, 0) is 37.1 Å². The lowest BCUT2D eigenvalue weighted by Gasteiger charge is -2.09. The monoisotopic (exact) mass is 410 g/mol. The summed E-state index contributed by atoms with van der Waals surface area (Å²) < 4.78 is 10.4. The minimum atomic E-state index is -0.433. The van der Waals surface area contributed by atoms with Crippen LogP contribution in [0.25, 0.3) is 11.3 Å². The summed E-state index contributed by atoms with van der Waals surface area (Å²) in [5.74, 6) is -0.0896. The number of anilines is 1. The van der Waals surface area contributed by atoms with Crippen molar-refractivity contribution in [1.29, 1.82) is 0 Å². The molecule has 0 bridgehead atoms. The Labute approximate surface area is 173 Å². The van der Waals surface area contributed by atoms with Crippen molar-refractivity contribution in [2.45, 2.75) is 19.8 Å². The lowest BCUT2D eigenvalue weighted by Crippen LogP contribution is -2.21. The lowest BCUT2D eigenvalue weighted by molar-refractivity contribution is -0.147. The van der Waals surface area contributed by atoms with Gasteiger partial charge in [-0.25, -0.2) is 4.98 Å². The van der Waals surface area contributed by atoms with E-state index in [9.17, 15) is 9.59 Å². The van der Waals surface area contributed by atoms with E-state index in [1.165, 1.54) is 0 Å². The van der Waals surface area contributed by atoms with Crippen molar-refractivity contribution in [1.82, 2.24) is 4.98 Å². The highest BCUT2D eigenvalue weighted by Gasteiger charge is 2.11. The molecule has 3 aromatic rings. The van der Waals surface area contributed by atoms with Crippen LogP contribution in [-0.2, 0) is 20.7 Å². The zero-order valence-corrected chi connectivity index (χ0v) is 17.1. The molecule has 0 radical (unpaired) electrons. The summed E-state index contributed by atoms with van der Waals surface area (Å²) in [4.78, 5) is 28.5. The van der Waals surface area contributed by atoms with Crippen molar-refractivity contribution in [3.8, 4) is 17.0 Å². The van der Waals surface area contributed by atoms with Gasteiger partial charge >= 0.3 is 5.97 Å². The van der Waals surface area contributed by atoms with Crippen molar-refractivity contribution >= 4 is 28.9 Å². The van der Waals surface area contributed by atoms with Gasteiger partial charge in [-0.15, -0.1) is 11.3 Å². The molecule has 1 amide bonds. The summed E-state index contributed by atoms with van der Waals surface area (Å²) in [5, 5.41) is 5.70. The zero-order valence-electron chi connectivity index (χ0n) is 16.3. The van der Waals surface area contributed by atoms with Gasteiger partial charge in [0.2, 0.25) is 0 Å². The van der Waals surface area contributed by atoms with Crippen LogP contribution in [0.15, 0.2) is 53.9 Å². The van der Waals surface area contributed by atoms with Crippen molar-refractivity contribution < 1.29 is 19.1 Å². The van der Waals surface area contributed by atoms with E-state index in [0.29, 0.717) is 12.1 Å². The summed E-state index contributed by atoms with van der Waals surface area (Å²) in [7, 11) is 1.59. The maximum absolute atomic E-state index is 12.1. The molecule has 0 saturated carbocycles. The topological polar surface area (TPSA) is 77.5 Å². The molecule has 0 aliphatic carbocycles. The Hall–Kier alpha value is -3.19. The van der Waals surface area contributed by atoms with E-state index in [1.807, 2.05) is 54.8 Å². The number of methoxy groups -OCH3 is 1. The smallest absolute Gasteiger partial charge is 0.306 e. The quantitative estimate of drug-likeness (QED) is 0.562. The van der Waals surface area contributed by atoms with E-state index in [1.54, 1.807) is 24.5 Å². The molecule has 0 aliphatic heterocycles. The Balaban J connectivity index is 1.48. The highest BCUT2D eigenvalue weighted by atomic mass is 32.1. The first-order valence-corrected chi connectivity index (χ1v) is 10.0. The molecule has 2 aromatic carbocycles. The number of amides is 1. The van der Waals surface area contributed by atoms with E-state index in [0.717, 1.165) is 27.6 Å². The molecule has 1 aromatic heterocycles. The predicted molar refractivity (Wildman–Crippen MR) is 113 cm³/mol. The first kappa shape index (κ1) is 20.5. The van der Waals surface area contributed by atoms with Crippen molar-refractivity contribution in [2.75, 3.05) is 19.0 Å². The molecule has 0 spiro atoms. The molecule has 1 heterocycles. The highest BCUT2D eigenvalue weighted by molar-refractivity contribution is 7.09. The number of thiazole rings is 1. The molecule has 150 valence electrons. The van der Waals surface area contributed by atoms with Gasteiger partial charge in [-0.3, -0.25) is 9.59 Å². The number of aryl methyl sites for hydroxylation is 2. The van der Waals surface area contributed by atoms with Crippen LogP contribution in [0.5, 0.6) is 5.75 Å². The van der Waals surface area contributed by atoms with Crippen LogP contribution in [0, 0.1) is 6.92 Å². The van der Waals surface area contributed by atoms with Crippen LogP contribution in [-0.4, -0.2) is 30.6 Å². The average molecular weight is 410 g/mol. The Kier molecular flexibility index (Phi) is 6.97. The fourth-order valence-corrected chi connectivity index (χ4v) is 3.44. The van der Waals surface area contributed by atoms with Crippen molar-refractivity contribution in [3.63, 3.8) is 0 Å². The number of esters is 1. The number of ether oxygens (including phenoxy) is 2. The van der Waals surface area contributed by atoms with Gasteiger partial charge in [0.05, 0.1) is 17.8 Å². The number of hydrogen-bond acceptors (Lipinski definition) is 6. The standard InChI is InChI=1S/C22H22N2O4S/c1-15-23-19(14-29-15)17-7-5-8-18(12-17)24-21(25)13-28-22(26)11-10-16-6-3-4-9-20(16)27-2/h3-9,12,14H,10-11,13H2,1-2H3,(H,24,25). The largest absolute Gasteiger partial charge is 0.496 e. The van der Waals surface area contributed by atoms with Gasteiger partial charge in [0.15, 0.2) is 6.61 Å². The second-order valence-electron chi connectivity index (χ2n) is 6.35. The van der Waals surface area contributed by atoms with E-state index in [-0.39, 0.29) is 18.9 Å². The summed E-state index contributed by atoms with van der Waals surface area (Å²) >= 11 is 1.57. The Morgan fingerprint density at radius 3 is 2.72 bits per heavy atom. The molecule has 6 nitrogen and oxygen atoms in total. The molecular weight excluding hydrogens is 388 g/mol. The normalized spacial score (nSPS) is 10.4. The molecule has 0 fully saturated rings. The molecular formula is C22H22N2O4S. The number of nitrogens with one attached hydrogen (secondary N) is 1. The predicted octanol–water partition coefficient (Wildman–Crippen LogP) is 4.24. The van der Waals surface area contributed by atoms with E-state index >= 15 is 0 Å². The summed E-state index contributed by atoms with van der Waals surface area (Å²) in [6.45, 7) is 1.62. The third-order valence-electron chi connectivity index (χ3n) is 4.22. The Bertz CT molecular complexity index is 1000. The molecule has 3 rings (SSSR count). The maximum Gasteiger partial charge on any atom is 0.306 e. The number of rotatable bonds is 8. The van der Waals surface area contributed by atoms with Gasteiger partial charge in [-0.2, -0.15) is 0 Å². The lowest BCUT2D eigenvalue weighted by atomic mass is 10.1. The molecule has 1 N–H and O–H groups in total. The zero-order chi connectivity index (χ0) is 20.6. The number of hydrogen-bond donors (Lipinski definition) is 1. The SMILES string of the molecule is COc1ccccc1CCC(=O)OCC(=O)Nc1cccc(-c2csc(C)n2)c1.